The lowest BCUT2D eigenvalue weighted by Gasteiger charge is -2.14. The number of hydrogen-bond donors (Lipinski definition) is 0. The van der Waals surface area contributed by atoms with Crippen LogP contribution in [0, 0.1) is 27.7 Å². The first-order valence-electron chi connectivity index (χ1n) is 15.8. The van der Waals surface area contributed by atoms with E-state index in [0.29, 0.717) is 0 Å². The van der Waals surface area contributed by atoms with E-state index >= 15 is 0 Å². The summed E-state index contributed by atoms with van der Waals surface area (Å²) in [6, 6.07) is 29.6. The number of rotatable bonds is 2. The summed E-state index contributed by atoms with van der Waals surface area (Å²) in [6.45, 7) is 8.68. The highest BCUT2D eigenvalue weighted by atomic mass is 32.1. The first kappa shape index (κ1) is 25.5. The van der Waals surface area contributed by atoms with Crippen molar-refractivity contribution >= 4 is 87.5 Å². The van der Waals surface area contributed by atoms with Crippen molar-refractivity contribution in [3.05, 3.63) is 118 Å². The molecule has 0 N–H and O–H groups in total. The maximum absolute atomic E-state index is 6.76. The molecule has 1 aliphatic carbocycles. The minimum atomic E-state index is 0.965. The van der Waals surface area contributed by atoms with Crippen LogP contribution < -0.4 is 0 Å². The third-order valence-electron chi connectivity index (χ3n) is 9.84. The van der Waals surface area contributed by atoms with Crippen LogP contribution in [0.1, 0.15) is 45.6 Å². The number of benzene rings is 6. The van der Waals surface area contributed by atoms with E-state index < -0.39 is 0 Å². The molecule has 0 spiro atoms. The third kappa shape index (κ3) is 3.62. The molecule has 0 bridgehead atoms. The number of hydrogen-bond acceptors (Lipinski definition) is 3. The lowest BCUT2D eigenvalue weighted by atomic mass is 9.88. The molecular weight excluding hydrogens is 569 g/mol. The van der Waals surface area contributed by atoms with Gasteiger partial charge in [-0.3, -0.25) is 0 Å². The van der Waals surface area contributed by atoms with Crippen LogP contribution in [0.4, 0.5) is 0 Å². The summed E-state index contributed by atoms with van der Waals surface area (Å²) in [5.74, 6) is 1.01. The van der Waals surface area contributed by atoms with Gasteiger partial charge in [-0.25, -0.2) is 0 Å². The lowest BCUT2D eigenvalue weighted by molar-refractivity contribution is 0.599. The largest absolute Gasteiger partial charge is 0.456 e. The van der Waals surface area contributed by atoms with Crippen molar-refractivity contribution in [2.24, 2.45) is 0 Å². The molecule has 216 valence electrons. The molecule has 0 fully saturated rings. The van der Waals surface area contributed by atoms with Crippen LogP contribution in [0.2, 0.25) is 0 Å². The Kier molecular flexibility index (Phi) is 5.02. The van der Waals surface area contributed by atoms with Crippen molar-refractivity contribution in [1.82, 2.24) is 0 Å². The topological polar surface area (TPSA) is 26.3 Å². The molecular formula is C42H30O2S. The first-order chi connectivity index (χ1) is 21.9. The molecule has 0 saturated carbocycles. The Labute approximate surface area is 264 Å². The monoisotopic (exact) mass is 598 g/mol. The molecule has 1 aliphatic rings. The highest BCUT2D eigenvalue weighted by Gasteiger charge is 2.24. The Bertz CT molecular complexity index is 2700. The third-order valence-corrected chi connectivity index (χ3v) is 11.0. The summed E-state index contributed by atoms with van der Waals surface area (Å²) in [4.78, 5) is 1.25. The summed E-state index contributed by atoms with van der Waals surface area (Å²) in [5.41, 5.74) is 13.4. The van der Waals surface area contributed by atoms with E-state index in [1.54, 1.807) is 0 Å². The quantitative estimate of drug-likeness (QED) is 0.185. The van der Waals surface area contributed by atoms with Gasteiger partial charge in [-0.05, 0) is 98.4 Å². The summed E-state index contributed by atoms with van der Waals surface area (Å²) in [6.07, 6.45) is 4.29. The van der Waals surface area contributed by atoms with Crippen LogP contribution in [0.5, 0.6) is 0 Å². The van der Waals surface area contributed by atoms with E-state index in [1.807, 2.05) is 11.3 Å². The second-order valence-corrected chi connectivity index (χ2v) is 14.3. The predicted molar refractivity (Wildman–Crippen MR) is 192 cm³/mol. The van der Waals surface area contributed by atoms with Crippen LogP contribution in [-0.2, 0) is 6.42 Å². The number of furan rings is 2. The van der Waals surface area contributed by atoms with Crippen molar-refractivity contribution in [2.75, 3.05) is 0 Å². The normalized spacial score (nSPS) is 13.7. The van der Waals surface area contributed by atoms with Crippen molar-refractivity contribution in [3.63, 3.8) is 0 Å². The molecule has 2 nitrogen and oxygen atoms in total. The van der Waals surface area contributed by atoms with Crippen LogP contribution >= 0.6 is 11.3 Å². The fourth-order valence-corrected chi connectivity index (χ4v) is 9.16. The van der Waals surface area contributed by atoms with Gasteiger partial charge in [-0.15, -0.1) is 11.3 Å². The molecule has 3 heteroatoms. The van der Waals surface area contributed by atoms with Gasteiger partial charge >= 0.3 is 0 Å². The molecule has 45 heavy (non-hydrogen) atoms. The Morgan fingerprint density at radius 1 is 0.556 bits per heavy atom. The van der Waals surface area contributed by atoms with Crippen LogP contribution in [0.15, 0.2) is 87.7 Å². The van der Waals surface area contributed by atoms with Gasteiger partial charge in [0.1, 0.15) is 22.5 Å². The zero-order valence-electron chi connectivity index (χ0n) is 25.7. The first-order valence-corrected chi connectivity index (χ1v) is 16.6. The van der Waals surface area contributed by atoms with Crippen molar-refractivity contribution in [1.29, 1.82) is 0 Å². The Morgan fingerprint density at radius 2 is 1.16 bits per heavy atom. The fraction of sp³-hybridized carbons (Fsp3) is 0.143. The zero-order chi connectivity index (χ0) is 30.1. The highest BCUT2D eigenvalue weighted by molar-refractivity contribution is 7.23. The van der Waals surface area contributed by atoms with E-state index in [9.17, 15) is 0 Å². The van der Waals surface area contributed by atoms with Crippen molar-refractivity contribution in [2.45, 2.75) is 40.5 Å². The van der Waals surface area contributed by atoms with Gasteiger partial charge in [0.05, 0.1) is 4.70 Å². The number of allylic oxidation sites excluding steroid dienone is 1. The second kappa shape index (κ2) is 8.87. The van der Waals surface area contributed by atoms with E-state index in [0.717, 1.165) is 35.4 Å². The van der Waals surface area contributed by atoms with Gasteiger partial charge in [0.2, 0.25) is 0 Å². The minimum absolute atomic E-state index is 0.965. The highest BCUT2D eigenvalue weighted by Crippen LogP contribution is 2.48. The smallest absolute Gasteiger partial charge is 0.146 e. The summed E-state index contributed by atoms with van der Waals surface area (Å²) in [5, 5.41) is 9.82. The SMILES string of the molecule is Cc1cc(C)cc(C2=Cc3oc4c(cc5ccc6c7oc8cc(-c9cc(C)cc(C)c9)sc8c7cc7ccc4c5c76)c3CC2)c1. The van der Waals surface area contributed by atoms with E-state index in [-0.39, 0.29) is 0 Å². The molecule has 0 radical (unpaired) electrons. The zero-order valence-corrected chi connectivity index (χ0v) is 26.5. The average molecular weight is 599 g/mol. The minimum Gasteiger partial charge on any atom is -0.456 e. The van der Waals surface area contributed by atoms with Gasteiger partial charge in [0, 0.05) is 48.8 Å². The Morgan fingerprint density at radius 3 is 1.82 bits per heavy atom. The molecule has 0 aliphatic heterocycles. The molecule has 6 aromatic carbocycles. The van der Waals surface area contributed by atoms with Crippen LogP contribution in [0.25, 0.3) is 86.6 Å². The standard InChI is InChI=1S/C42H30O2S/c1-21-11-22(2)14-28(13-21)25-5-8-30-33-17-26-6-10-32-39-27(7-9-31(38(26)39)40(33)43-35(30)19-25)18-34-41(32)44-36-20-37(45-42(34)36)29-15-23(3)12-24(4)16-29/h6-7,9-20H,5,8H2,1-4H3. The molecule has 3 heterocycles. The van der Waals surface area contributed by atoms with E-state index in [4.69, 9.17) is 8.83 Å². The van der Waals surface area contributed by atoms with Gasteiger partial charge in [-0.2, -0.15) is 0 Å². The number of thiophene rings is 1. The molecule has 0 atom stereocenters. The number of aryl methyl sites for hydroxylation is 5. The summed E-state index contributed by atoms with van der Waals surface area (Å²) < 4.78 is 14.7. The summed E-state index contributed by atoms with van der Waals surface area (Å²) >= 11 is 1.83. The van der Waals surface area contributed by atoms with Crippen molar-refractivity contribution in [3.8, 4) is 10.4 Å². The van der Waals surface area contributed by atoms with E-state index in [2.05, 4.69) is 113 Å². The number of fused-ring (bicyclic) bond motifs is 8. The molecule has 3 aromatic heterocycles. The van der Waals surface area contributed by atoms with Crippen LogP contribution in [-0.4, -0.2) is 0 Å². The van der Waals surface area contributed by atoms with Gasteiger partial charge in [-0.1, -0.05) is 70.8 Å². The van der Waals surface area contributed by atoms with E-state index in [1.165, 1.54) is 97.2 Å². The second-order valence-electron chi connectivity index (χ2n) is 13.2. The molecule has 0 unspecified atom stereocenters. The van der Waals surface area contributed by atoms with Crippen molar-refractivity contribution < 1.29 is 8.83 Å². The summed E-state index contributed by atoms with van der Waals surface area (Å²) in [7, 11) is 0. The Hall–Kier alpha value is -4.86. The van der Waals surface area contributed by atoms with Gasteiger partial charge in [0.15, 0.2) is 0 Å². The van der Waals surface area contributed by atoms with Gasteiger partial charge in [0.25, 0.3) is 0 Å². The lowest BCUT2D eigenvalue weighted by Crippen LogP contribution is -1.97. The Balaban J connectivity index is 1.18. The fourth-order valence-electron chi connectivity index (χ4n) is 8.08. The molecule has 10 rings (SSSR count). The maximum atomic E-state index is 6.76. The van der Waals surface area contributed by atoms with Gasteiger partial charge < -0.3 is 8.83 Å². The van der Waals surface area contributed by atoms with Crippen LogP contribution in [0.3, 0.4) is 0 Å². The average Bonchev–Trinajstić information content (AvgIpc) is 3.69. The molecule has 9 aromatic rings. The predicted octanol–water partition coefficient (Wildman–Crippen LogP) is 12.7. The maximum Gasteiger partial charge on any atom is 0.146 e. The molecule has 0 amide bonds. The molecule has 0 saturated heterocycles.